The molecule has 0 saturated carbocycles. The Kier molecular flexibility index (Phi) is 5.06. The van der Waals surface area contributed by atoms with E-state index in [2.05, 4.69) is 15.3 Å². The van der Waals surface area contributed by atoms with E-state index in [0.717, 1.165) is 0 Å². The van der Waals surface area contributed by atoms with Crippen molar-refractivity contribution in [1.82, 2.24) is 15.3 Å². The zero-order valence-electron chi connectivity index (χ0n) is 13.1. The second-order valence-corrected chi connectivity index (χ2v) is 5.58. The first kappa shape index (κ1) is 16.8. The highest BCUT2D eigenvalue weighted by Crippen LogP contribution is 2.35. The number of benzene rings is 1. The van der Waals surface area contributed by atoms with Crippen molar-refractivity contribution in [3.8, 4) is 0 Å². The molecule has 5 nitrogen and oxygen atoms in total. The molecule has 0 unspecified atom stereocenters. The van der Waals surface area contributed by atoms with Gasteiger partial charge >= 0.3 is 6.18 Å². The molecule has 1 aromatic heterocycles. The third-order valence-electron chi connectivity index (χ3n) is 3.94. The van der Waals surface area contributed by atoms with E-state index in [1.54, 1.807) is 24.5 Å². The van der Waals surface area contributed by atoms with Crippen LogP contribution in [-0.4, -0.2) is 36.3 Å². The van der Waals surface area contributed by atoms with Gasteiger partial charge in [-0.1, -0.05) is 6.07 Å². The molecule has 1 aromatic carbocycles. The molecule has 1 aliphatic heterocycles. The zero-order valence-corrected chi connectivity index (χ0v) is 13.1. The van der Waals surface area contributed by atoms with Crippen molar-refractivity contribution in [1.29, 1.82) is 0 Å². The maximum absolute atomic E-state index is 13.4. The molecule has 0 radical (unpaired) electrons. The largest absolute Gasteiger partial charge is 0.416 e. The van der Waals surface area contributed by atoms with Crippen LogP contribution >= 0.6 is 0 Å². The minimum atomic E-state index is -4.38. The number of H-pyrrole nitrogens is 1. The smallest absolute Gasteiger partial charge is 0.378 e. The molecule has 0 bridgehead atoms. The lowest BCUT2D eigenvalue weighted by atomic mass is 10.0. The van der Waals surface area contributed by atoms with Gasteiger partial charge in [-0.25, -0.2) is 4.98 Å². The van der Waals surface area contributed by atoms with Gasteiger partial charge in [-0.15, -0.1) is 0 Å². The molecule has 1 fully saturated rings. The van der Waals surface area contributed by atoms with Crippen molar-refractivity contribution in [2.45, 2.75) is 19.3 Å². The van der Waals surface area contributed by atoms with E-state index in [1.165, 1.54) is 6.07 Å². The summed E-state index contributed by atoms with van der Waals surface area (Å²) in [4.78, 5) is 8.86. The van der Waals surface area contributed by atoms with E-state index < -0.39 is 11.7 Å². The van der Waals surface area contributed by atoms with E-state index in [4.69, 9.17) is 4.74 Å². The van der Waals surface area contributed by atoms with Crippen LogP contribution in [0, 0.1) is 0 Å². The molecule has 0 aliphatic carbocycles. The van der Waals surface area contributed by atoms with Crippen LogP contribution in [0.2, 0.25) is 0 Å². The number of alkyl halides is 3. The fourth-order valence-electron chi connectivity index (χ4n) is 2.71. The van der Waals surface area contributed by atoms with Crippen molar-refractivity contribution >= 4 is 5.69 Å². The Hall–Kier alpha value is -2.06. The number of nitrogens with one attached hydrogen (secondary N) is 2. The highest BCUT2D eigenvalue weighted by atomic mass is 19.4. The number of ether oxygens (including phenoxy) is 1. The topological polar surface area (TPSA) is 53.2 Å². The van der Waals surface area contributed by atoms with Gasteiger partial charge in [0, 0.05) is 37.7 Å². The summed E-state index contributed by atoms with van der Waals surface area (Å²) in [6.45, 7) is 2.79. The number of morpholine rings is 1. The monoisotopic (exact) mass is 340 g/mol. The molecule has 2 aromatic rings. The van der Waals surface area contributed by atoms with Crippen molar-refractivity contribution in [3.63, 3.8) is 0 Å². The zero-order chi connectivity index (χ0) is 17.0. The number of rotatable bonds is 5. The lowest BCUT2D eigenvalue weighted by molar-refractivity contribution is -0.138. The van der Waals surface area contributed by atoms with Crippen LogP contribution < -0.4 is 10.2 Å². The lowest BCUT2D eigenvalue weighted by Gasteiger charge is -2.29. The van der Waals surface area contributed by atoms with Gasteiger partial charge in [0.1, 0.15) is 5.82 Å². The van der Waals surface area contributed by atoms with Gasteiger partial charge in [0.05, 0.1) is 25.3 Å². The second kappa shape index (κ2) is 7.23. The number of anilines is 1. The number of hydrogen-bond donors (Lipinski definition) is 2. The van der Waals surface area contributed by atoms with Gasteiger partial charge in [-0.05, 0) is 17.7 Å². The second-order valence-electron chi connectivity index (χ2n) is 5.58. The van der Waals surface area contributed by atoms with Crippen LogP contribution in [-0.2, 0) is 24.0 Å². The molecular formula is C16H19F3N4O. The predicted molar refractivity (Wildman–Crippen MR) is 83.6 cm³/mol. The summed E-state index contributed by atoms with van der Waals surface area (Å²) in [7, 11) is 0. The average molecular weight is 340 g/mol. The minimum absolute atomic E-state index is 0.124. The molecule has 0 atom stereocenters. The number of imidazole rings is 1. The SMILES string of the molecule is FC(F)(F)c1cc(N2CCOCC2)ccc1CNCc1ncc[nH]1. The molecule has 0 spiro atoms. The first-order chi connectivity index (χ1) is 11.5. The molecule has 1 saturated heterocycles. The molecule has 3 rings (SSSR count). The van der Waals surface area contributed by atoms with Crippen molar-refractivity contribution in [2.75, 3.05) is 31.2 Å². The van der Waals surface area contributed by atoms with E-state index in [0.29, 0.717) is 44.4 Å². The Morgan fingerprint density at radius 3 is 2.67 bits per heavy atom. The first-order valence-corrected chi connectivity index (χ1v) is 7.76. The molecule has 8 heteroatoms. The summed E-state index contributed by atoms with van der Waals surface area (Å²) in [6, 6.07) is 4.52. The Morgan fingerprint density at radius 2 is 2.00 bits per heavy atom. The normalized spacial score (nSPS) is 15.7. The van der Waals surface area contributed by atoms with Crippen LogP contribution in [0.15, 0.2) is 30.6 Å². The Bertz CT molecular complexity index is 652. The fraction of sp³-hybridized carbons (Fsp3) is 0.438. The molecule has 2 N–H and O–H groups in total. The van der Waals surface area contributed by atoms with Gasteiger partial charge in [0.2, 0.25) is 0 Å². The van der Waals surface area contributed by atoms with Gasteiger partial charge in [0.15, 0.2) is 0 Å². The molecular weight excluding hydrogens is 321 g/mol. The number of halogens is 3. The predicted octanol–water partition coefficient (Wildman–Crippen LogP) is 2.55. The Labute approximate surface area is 137 Å². The number of nitrogens with zero attached hydrogens (tertiary/aromatic N) is 2. The summed E-state index contributed by atoms with van der Waals surface area (Å²) < 4.78 is 45.5. The average Bonchev–Trinajstić information content (AvgIpc) is 3.08. The maximum Gasteiger partial charge on any atom is 0.416 e. The lowest BCUT2D eigenvalue weighted by Crippen LogP contribution is -2.36. The van der Waals surface area contributed by atoms with E-state index in [-0.39, 0.29) is 12.1 Å². The molecule has 1 aliphatic rings. The van der Waals surface area contributed by atoms with Gasteiger partial charge in [-0.3, -0.25) is 0 Å². The van der Waals surface area contributed by atoms with Crippen molar-refractivity contribution < 1.29 is 17.9 Å². The third-order valence-corrected chi connectivity index (χ3v) is 3.94. The molecule has 0 amide bonds. The van der Waals surface area contributed by atoms with Crippen LogP contribution in [0.3, 0.4) is 0 Å². The van der Waals surface area contributed by atoms with Gasteiger partial charge in [0.25, 0.3) is 0 Å². The maximum atomic E-state index is 13.4. The number of aromatic nitrogens is 2. The number of hydrogen-bond acceptors (Lipinski definition) is 4. The van der Waals surface area contributed by atoms with Gasteiger partial charge in [-0.2, -0.15) is 13.2 Å². The van der Waals surface area contributed by atoms with Crippen LogP contribution in [0.1, 0.15) is 17.0 Å². The quantitative estimate of drug-likeness (QED) is 0.878. The highest BCUT2D eigenvalue weighted by Gasteiger charge is 2.34. The van der Waals surface area contributed by atoms with Gasteiger partial charge < -0.3 is 19.9 Å². The first-order valence-electron chi connectivity index (χ1n) is 7.76. The highest BCUT2D eigenvalue weighted by molar-refractivity contribution is 5.52. The number of aromatic amines is 1. The summed E-state index contributed by atoms with van der Waals surface area (Å²) in [5.74, 6) is 0.688. The summed E-state index contributed by atoms with van der Waals surface area (Å²) in [6.07, 6.45) is -1.10. The van der Waals surface area contributed by atoms with E-state index in [9.17, 15) is 13.2 Å². The summed E-state index contributed by atoms with van der Waals surface area (Å²) in [5, 5.41) is 2.99. The van der Waals surface area contributed by atoms with Crippen LogP contribution in [0.4, 0.5) is 18.9 Å². The fourth-order valence-corrected chi connectivity index (χ4v) is 2.71. The standard InChI is InChI=1S/C16H19F3N4O/c17-16(18,19)14-9-13(23-5-7-24-8-6-23)2-1-12(14)10-20-11-15-21-3-4-22-15/h1-4,9,20H,5-8,10-11H2,(H,21,22). The summed E-state index contributed by atoms with van der Waals surface area (Å²) in [5.41, 5.74) is 0.213. The molecule has 2 heterocycles. The van der Waals surface area contributed by atoms with Crippen molar-refractivity contribution in [2.24, 2.45) is 0 Å². The summed E-state index contributed by atoms with van der Waals surface area (Å²) >= 11 is 0. The Morgan fingerprint density at radius 1 is 1.21 bits per heavy atom. The van der Waals surface area contributed by atoms with Crippen LogP contribution in [0.5, 0.6) is 0 Å². The molecule has 130 valence electrons. The van der Waals surface area contributed by atoms with E-state index in [1.807, 2.05) is 4.90 Å². The minimum Gasteiger partial charge on any atom is -0.378 e. The third kappa shape index (κ3) is 4.07. The van der Waals surface area contributed by atoms with E-state index >= 15 is 0 Å². The molecule has 24 heavy (non-hydrogen) atoms. The van der Waals surface area contributed by atoms with Crippen molar-refractivity contribution in [3.05, 3.63) is 47.5 Å². The van der Waals surface area contributed by atoms with Crippen LogP contribution in [0.25, 0.3) is 0 Å². The Balaban J connectivity index is 1.74.